The van der Waals surface area contributed by atoms with Gasteiger partial charge < -0.3 is 10.6 Å². The standard InChI is InChI=1S/C18H15FN6OS/c1-9-3-6-13-11(7-21-25-13)15(9)23-17(26)14-8-20-18(27-14)24-16-12(19)5-4-10(2)22-16/h3-8H,1-2H3,(H,21,25)(H,23,26)(H,20,22,24). The van der Waals surface area contributed by atoms with Gasteiger partial charge in [0, 0.05) is 11.1 Å². The highest BCUT2D eigenvalue weighted by atomic mass is 32.1. The van der Waals surface area contributed by atoms with Gasteiger partial charge in [-0.3, -0.25) is 9.89 Å². The van der Waals surface area contributed by atoms with Crippen LogP contribution in [-0.2, 0) is 0 Å². The minimum Gasteiger partial charge on any atom is -0.320 e. The van der Waals surface area contributed by atoms with Crippen LogP contribution in [0.5, 0.6) is 0 Å². The van der Waals surface area contributed by atoms with Crippen molar-refractivity contribution in [2.45, 2.75) is 13.8 Å². The number of H-pyrrole nitrogens is 1. The fraction of sp³-hybridized carbons (Fsp3) is 0.111. The van der Waals surface area contributed by atoms with E-state index in [9.17, 15) is 9.18 Å². The van der Waals surface area contributed by atoms with Gasteiger partial charge in [0.2, 0.25) is 0 Å². The number of carbonyl (C=O) groups is 1. The summed E-state index contributed by atoms with van der Waals surface area (Å²) in [6.45, 7) is 3.68. The lowest BCUT2D eigenvalue weighted by Gasteiger charge is -2.08. The number of amides is 1. The minimum absolute atomic E-state index is 0.0790. The number of benzene rings is 1. The third-order valence-electron chi connectivity index (χ3n) is 4.01. The summed E-state index contributed by atoms with van der Waals surface area (Å²) >= 11 is 1.12. The van der Waals surface area contributed by atoms with E-state index in [1.54, 1.807) is 19.2 Å². The molecule has 0 saturated heterocycles. The molecule has 4 aromatic rings. The van der Waals surface area contributed by atoms with Gasteiger partial charge in [0.15, 0.2) is 16.8 Å². The van der Waals surface area contributed by atoms with Crippen molar-refractivity contribution in [3.63, 3.8) is 0 Å². The van der Waals surface area contributed by atoms with E-state index in [1.807, 2.05) is 19.1 Å². The first kappa shape index (κ1) is 17.1. The molecule has 0 saturated carbocycles. The van der Waals surface area contributed by atoms with Crippen molar-refractivity contribution in [2.24, 2.45) is 0 Å². The van der Waals surface area contributed by atoms with Crippen LogP contribution >= 0.6 is 11.3 Å². The number of rotatable bonds is 4. The van der Waals surface area contributed by atoms with Crippen LogP contribution in [0.15, 0.2) is 36.7 Å². The second-order valence-corrected chi connectivity index (χ2v) is 7.01. The van der Waals surface area contributed by atoms with Crippen LogP contribution in [0, 0.1) is 19.7 Å². The van der Waals surface area contributed by atoms with Crippen LogP contribution in [0.1, 0.15) is 20.9 Å². The smallest absolute Gasteiger partial charge is 0.267 e. The Morgan fingerprint density at radius 2 is 2.04 bits per heavy atom. The van der Waals surface area contributed by atoms with Crippen molar-refractivity contribution in [1.82, 2.24) is 20.2 Å². The molecule has 1 aromatic carbocycles. The second-order valence-electron chi connectivity index (χ2n) is 5.98. The van der Waals surface area contributed by atoms with E-state index < -0.39 is 5.82 Å². The normalized spacial score (nSPS) is 10.9. The predicted octanol–water partition coefficient (Wildman–Crippen LogP) is 4.17. The maximum Gasteiger partial charge on any atom is 0.267 e. The highest BCUT2D eigenvalue weighted by molar-refractivity contribution is 7.17. The Kier molecular flexibility index (Phi) is 4.28. The molecule has 0 aliphatic carbocycles. The molecule has 0 radical (unpaired) electrons. The monoisotopic (exact) mass is 382 g/mol. The number of nitrogens with zero attached hydrogens (tertiary/aromatic N) is 3. The fourth-order valence-electron chi connectivity index (χ4n) is 2.63. The quantitative estimate of drug-likeness (QED) is 0.492. The number of anilines is 3. The Balaban J connectivity index is 1.56. The summed E-state index contributed by atoms with van der Waals surface area (Å²) in [5, 5.41) is 13.8. The number of aromatic amines is 1. The molecule has 0 bridgehead atoms. The predicted molar refractivity (Wildman–Crippen MR) is 103 cm³/mol. The summed E-state index contributed by atoms with van der Waals surface area (Å²) < 4.78 is 13.8. The van der Waals surface area contributed by atoms with Crippen LogP contribution in [0.4, 0.5) is 21.0 Å². The summed E-state index contributed by atoms with van der Waals surface area (Å²) in [4.78, 5) is 21.3. The zero-order valence-electron chi connectivity index (χ0n) is 14.5. The first-order chi connectivity index (χ1) is 13.0. The summed E-state index contributed by atoms with van der Waals surface area (Å²) in [6, 6.07) is 6.73. The lowest BCUT2D eigenvalue weighted by Crippen LogP contribution is -2.11. The molecule has 7 nitrogen and oxygen atoms in total. The van der Waals surface area contributed by atoms with Crippen molar-refractivity contribution in [1.29, 1.82) is 0 Å². The van der Waals surface area contributed by atoms with Crippen molar-refractivity contribution >= 4 is 44.8 Å². The van der Waals surface area contributed by atoms with E-state index >= 15 is 0 Å². The van der Waals surface area contributed by atoms with E-state index in [2.05, 4.69) is 30.8 Å². The molecule has 0 atom stereocenters. The first-order valence-electron chi connectivity index (χ1n) is 8.11. The lowest BCUT2D eigenvalue weighted by atomic mass is 10.1. The van der Waals surface area contributed by atoms with Crippen molar-refractivity contribution in [3.8, 4) is 0 Å². The number of hydrogen-bond donors (Lipinski definition) is 3. The number of nitrogens with one attached hydrogen (secondary N) is 3. The van der Waals surface area contributed by atoms with Gasteiger partial charge in [0.05, 0.1) is 23.6 Å². The maximum atomic E-state index is 13.8. The fourth-order valence-corrected chi connectivity index (χ4v) is 3.34. The first-order valence-corrected chi connectivity index (χ1v) is 8.93. The molecule has 3 N–H and O–H groups in total. The second kappa shape index (κ2) is 6.76. The molecular weight excluding hydrogens is 367 g/mol. The summed E-state index contributed by atoms with van der Waals surface area (Å²) in [5.74, 6) is -0.700. The van der Waals surface area contributed by atoms with E-state index in [-0.39, 0.29) is 11.7 Å². The topological polar surface area (TPSA) is 95.6 Å². The largest absolute Gasteiger partial charge is 0.320 e. The number of fused-ring (bicyclic) bond motifs is 1. The van der Waals surface area contributed by atoms with Gasteiger partial charge in [-0.2, -0.15) is 5.10 Å². The Morgan fingerprint density at radius 3 is 2.89 bits per heavy atom. The van der Waals surface area contributed by atoms with Crippen LogP contribution in [0.25, 0.3) is 10.9 Å². The van der Waals surface area contributed by atoms with E-state index in [0.717, 1.165) is 27.8 Å². The van der Waals surface area contributed by atoms with E-state index in [4.69, 9.17) is 0 Å². The molecule has 0 spiro atoms. The van der Waals surface area contributed by atoms with Crippen molar-refractivity contribution in [3.05, 3.63) is 58.6 Å². The van der Waals surface area contributed by atoms with Crippen molar-refractivity contribution < 1.29 is 9.18 Å². The molecule has 136 valence electrons. The van der Waals surface area contributed by atoms with Gasteiger partial charge in [0.25, 0.3) is 5.91 Å². The van der Waals surface area contributed by atoms with Crippen molar-refractivity contribution in [2.75, 3.05) is 10.6 Å². The van der Waals surface area contributed by atoms with Gasteiger partial charge >= 0.3 is 0 Å². The molecular formula is C18H15FN6OS. The van der Waals surface area contributed by atoms with Crippen LogP contribution in [0.2, 0.25) is 0 Å². The molecule has 3 heterocycles. The summed E-state index contributed by atoms with van der Waals surface area (Å²) in [7, 11) is 0. The molecule has 27 heavy (non-hydrogen) atoms. The number of aromatic nitrogens is 4. The SMILES string of the molecule is Cc1ccc(F)c(Nc2ncc(C(=O)Nc3c(C)ccc4[nH]ncc34)s2)n1. The number of carbonyl (C=O) groups excluding carboxylic acids is 1. The zero-order valence-corrected chi connectivity index (χ0v) is 15.3. The average molecular weight is 382 g/mol. The van der Waals surface area contributed by atoms with Crippen LogP contribution in [0.3, 0.4) is 0 Å². The van der Waals surface area contributed by atoms with E-state index in [0.29, 0.717) is 21.4 Å². The maximum absolute atomic E-state index is 13.8. The molecule has 1 amide bonds. The third kappa shape index (κ3) is 3.36. The average Bonchev–Trinajstić information content (AvgIpc) is 3.30. The number of thiazole rings is 1. The molecule has 0 aliphatic heterocycles. The van der Waals surface area contributed by atoms with E-state index in [1.165, 1.54) is 12.3 Å². The molecule has 0 fully saturated rings. The molecule has 0 aliphatic rings. The van der Waals surface area contributed by atoms with Gasteiger partial charge in [-0.05, 0) is 37.6 Å². The Morgan fingerprint density at radius 1 is 1.19 bits per heavy atom. The molecule has 3 aromatic heterocycles. The Bertz CT molecular complexity index is 1150. The Hall–Kier alpha value is -3.33. The van der Waals surface area contributed by atoms with Gasteiger partial charge in [-0.15, -0.1) is 0 Å². The molecule has 4 rings (SSSR count). The number of pyridine rings is 1. The van der Waals surface area contributed by atoms with Gasteiger partial charge in [0.1, 0.15) is 4.88 Å². The molecule has 9 heteroatoms. The summed E-state index contributed by atoms with van der Waals surface area (Å²) in [5.41, 5.74) is 3.13. The number of halogens is 1. The lowest BCUT2D eigenvalue weighted by molar-refractivity contribution is 0.103. The van der Waals surface area contributed by atoms with Crippen LogP contribution in [-0.4, -0.2) is 26.1 Å². The van der Waals surface area contributed by atoms with Gasteiger partial charge in [-0.25, -0.2) is 14.4 Å². The molecule has 0 unspecified atom stereocenters. The third-order valence-corrected chi connectivity index (χ3v) is 4.92. The number of aryl methyl sites for hydroxylation is 2. The van der Waals surface area contributed by atoms with Gasteiger partial charge in [-0.1, -0.05) is 17.4 Å². The minimum atomic E-state index is -0.482. The zero-order chi connectivity index (χ0) is 19.0. The Labute approximate surface area is 157 Å². The number of hydrogen-bond acceptors (Lipinski definition) is 6. The summed E-state index contributed by atoms with van der Waals surface area (Å²) in [6.07, 6.45) is 3.12. The highest BCUT2D eigenvalue weighted by Gasteiger charge is 2.15. The highest BCUT2D eigenvalue weighted by Crippen LogP contribution is 2.28. The van der Waals surface area contributed by atoms with Crippen LogP contribution < -0.4 is 10.6 Å².